The second kappa shape index (κ2) is 8.03. The summed E-state index contributed by atoms with van der Waals surface area (Å²) in [7, 11) is 1.63. The lowest BCUT2D eigenvalue weighted by Gasteiger charge is -2.05. The van der Waals surface area contributed by atoms with Crippen molar-refractivity contribution in [1.82, 2.24) is 5.32 Å². The molecule has 0 saturated heterocycles. The second-order valence-electron chi connectivity index (χ2n) is 5.00. The molecule has 2 rings (SSSR count). The molecular formula is C19H21NO2. The minimum Gasteiger partial charge on any atom is -0.497 e. The Morgan fingerprint density at radius 2 is 1.91 bits per heavy atom. The summed E-state index contributed by atoms with van der Waals surface area (Å²) in [6, 6.07) is 15.8. The number of nitrogens with one attached hydrogen (secondary N) is 1. The molecule has 3 nitrogen and oxygen atoms in total. The van der Waals surface area contributed by atoms with Gasteiger partial charge in [-0.05, 0) is 41.3 Å². The molecule has 2 aromatic rings. The van der Waals surface area contributed by atoms with Crippen LogP contribution in [-0.4, -0.2) is 13.0 Å². The van der Waals surface area contributed by atoms with Gasteiger partial charge in [-0.25, -0.2) is 0 Å². The summed E-state index contributed by atoms with van der Waals surface area (Å²) in [6.07, 6.45) is 4.40. The van der Waals surface area contributed by atoms with E-state index in [-0.39, 0.29) is 5.91 Å². The predicted molar refractivity (Wildman–Crippen MR) is 89.7 cm³/mol. The van der Waals surface area contributed by atoms with E-state index in [1.54, 1.807) is 13.2 Å². The first-order valence-electron chi connectivity index (χ1n) is 7.39. The van der Waals surface area contributed by atoms with E-state index >= 15 is 0 Å². The fourth-order valence-corrected chi connectivity index (χ4v) is 2.07. The van der Waals surface area contributed by atoms with Gasteiger partial charge in [-0.15, -0.1) is 0 Å². The molecule has 3 heteroatoms. The maximum absolute atomic E-state index is 11.8. The quantitative estimate of drug-likeness (QED) is 0.827. The van der Waals surface area contributed by atoms with Gasteiger partial charge >= 0.3 is 0 Å². The SMILES string of the molecule is CCc1ccc(/C=C/C(=O)NCc2cccc(OC)c2)cc1. The van der Waals surface area contributed by atoms with Crippen LogP contribution in [0.15, 0.2) is 54.6 Å². The smallest absolute Gasteiger partial charge is 0.244 e. The van der Waals surface area contributed by atoms with E-state index in [1.165, 1.54) is 5.56 Å². The average molecular weight is 295 g/mol. The number of carbonyl (C=O) groups excluding carboxylic acids is 1. The summed E-state index contributed by atoms with van der Waals surface area (Å²) in [5.74, 6) is 0.681. The third kappa shape index (κ3) is 4.77. The van der Waals surface area contributed by atoms with Gasteiger partial charge in [0.1, 0.15) is 5.75 Å². The summed E-state index contributed by atoms with van der Waals surface area (Å²) in [5, 5.41) is 2.86. The number of aryl methyl sites for hydroxylation is 1. The third-order valence-corrected chi connectivity index (χ3v) is 3.42. The van der Waals surface area contributed by atoms with Crippen molar-refractivity contribution in [2.75, 3.05) is 7.11 Å². The van der Waals surface area contributed by atoms with Crippen molar-refractivity contribution in [2.45, 2.75) is 19.9 Å². The molecule has 0 aliphatic carbocycles. The summed E-state index contributed by atoms with van der Waals surface area (Å²) in [4.78, 5) is 11.8. The first-order valence-corrected chi connectivity index (χ1v) is 7.39. The monoisotopic (exact) mass is 295 g/mol. The number of ether oxygens (including phenoxy) is 1. The van der Waals surface area contributed by atoms with Crippen molar-refractivity contribution >= 4 is 12.0 Å². The molecule has 114 valence electrons. The molecule has 0 aliphatic rings. The van der Waals surface area contributed by atoms with Gasteiger partial charge in [0.05, 0.1) is 7.11 Å². The fraction of sp³-hybridized carbons (Fsp3) is 0.211. The fourth-order valence-electron chi connectivity index (χ4n) is 2.07. The lowest BCUT2D eigenvalue weighted by atomic mass is 10.1. The minimum atomic E-state index is -0.109. The van der Waals surface area contributed by atoms with Gasteiger partial charge in [0, 0.05) is 12.6 Å². The predicted octanol–water partition coefficient (Wildman–Crippen LogP) is 3.59. The van der Waals surface area contributed by atoms with Gasteiger partial charge in [-0.1, -0.05) is 43.3 Å². The van der Waals surface area contributed by atoms with Crippen molar-refractivity contribution < 1.29 is 9.53 Å². The Bertz CT molecular complexity index is 645. The number of methoxy groups -OCH3 is 1. The molecule has 1 N–H and O–H groups in total. The standard InChI is InChI=1S/C19H21NO2/c1-3-15-7-9-16(10-8-15)11-12-19(21)20-14-17-5-4-6-18(13-17)22-2/h4-13H,3,14H2,1-2H3,(H,20,21)/b12-11+. The van der Waals surface area contributed by atoms with Crippen molar-refractivity contribution in [3.63, 3.8) is 0 Å². The molecule has 0 radical (unpaired) electrons. The highest BCUT2D eigenvalue weighted by Gasteiger charge is 1.99. The maximum atomic E-state index is 11.8. The van der Waals surface area contributed by atoms with Crippen LogP contribution in [0.25, 0.3) is 6.08 Å². The zero-order valence-corrected chi connectivity index (χ0v) is 13.0. The van der Waals surface area contributed by atoms with Gasteiger partial charge in [0.2, 0.25) is 5.91 Å². The molecule has 0 aliphatic heterocycles. The van der Waals surface area contributed by atoms with E-state index < -0.39 is 0 Å². The Kier molecular flexibility index (Phi) is 5.78. The second-order valence-corrected chi connectivity index (χ2v) is 5.00. The largest absolute Gasteiger partial charge is 0.497 e. The number of hydrogen-bond donors (Lipinski definition) is 1. The average Bonchev–Trinajstić information content (AvgIpc) is 2.58. The normalized spacial score (nSPS) is 10.6. The highest BCUT2D eigenvalue weighted by molar-refractivity contribution is 5.91. The molecule has 0 unspecified atom stereocenters. The Hall–Kier alpha value is -2.55. The molecule has 2 aromatic carbocycles. The molecule has 0 heterocycles. The van der Waals surface area contributed by atoms with Crippen molar-refractivity contribution in [3.05, 3.63) is 71.3 Å². The van der Waals surface area contributed by atoms with Gasteiger partial charge < -0.3 is 10.1 Å². The number of amides is 1. The summed E-state index contributed by atoms with van der Waals surface area (Å²) >= 11 is 0. The first-order chi connectivity index (χ1) is 10.7. The Morgan fingerprint density at radius 1 is 1.14 bits per heavy atom. The zero-order chi connectivity index (χ0) is 15.8. The lowest BCUT2D eigenvalue weighted by Crippen LogP contribution is -2.20. The van der Waals surface area contributed by atoms with Crippen LogP contribution >= 0.6 is 0 Å². The van der Waals surface area contributed by atoms with Crippen LogP contribution in [0.3, 0.4) is 0 Å². The summed E-state index contributed by atoms with van der Waals surface area (Å²) < 4.78 is 5.16. The number of benzene rings is 2. The van der Waals surface area contributed by atoms with Crippen LogP contribution in [0.4, 0.5) is 0 Å². The molecule has 0 spiro atoms. The van der Waals surface area contributed by atoms with Crippen LogP contribution in [-0.2, 0) is 17.8 Å². The maximum Gasteiger partial charge on any atom is 0.244 e. The molecule has 0 fully saturated rings. The first kappa shape index (κ1) is 15.8. The van der Waals surface area contributed by atoms with Gasteiger partial charge in [0.25, 0.3) is 0 Å². The lowest BCUT2D eigenvalue weighted by molar-refractivity contribution is -0.116. The molecular weight excluding hydrogens is 274 g/mol. The van der Waals surface area contributed by atoms with E-state index in [9.17, 15) is 4.79 Å². The Labute approximate surface area is 131 Å². The number of carbonyl (C=O) groups is 1. The highest BCUT2D eigenvalue weighted by atomic mass is 16.5. The van der Waals surface area contributed by atoms with E-state index in [4.69, 9.17) is 4.74 Å². The minimum absolute atomic E-state index is 0.109. The van der Waals surface area contributed by atoms with Crippen LogP contribution in [0, 0.1) is 0 Å². The van der Waals surface area contributed by atoms with E-state index in [2.05, 4.69) is 24.4 Å². The van der Waals surface area contributed by atoms with E-state index in [1.807, 2.05) is 42.5 Å². The molecule has 22 heavy (non-hydrogen) atoms. The van der Waals surface area contributed by atoms with E-state index in [0.717, 1.165) is 23.3 Å². The van der Waals surface area contributed by atoms with Crippen LogP contribution < -0.4 is 10.1 Å². The molecule has 0 saturated carbocycles. The van der Waals surface area contributed by atoms with Crippen molar-refractivity contribution in [3.8, 4) is 5.75 Å². The zero-order valence-electron chi connectivity index (χ0n) is 13.0. The van der Waals surface area contributed by atoms with E-state index in [0.29, 0.717) is 6.54 Å². The molecule has 1 amide bonds. The van der Waals surface area contributed by atoms with Crippen LogP contribution in [0.2, 0.25) is 0 Å². The molecule has 0 aromatic heterocycles. The number of rotatable bonds is 6. The third-order valence-electron chi connectivity index (χ3n) is 3.42. The Balaban J connectivity index is 1.87. The number of hydrogen-bond acceptors (Lipinski definition) is 2. The van der Waals surface area contributed by atoms with Gasteiger partial charge in [-0.2, -0.15) is 0 Å². The topological polar surface area (TPSA) is 38.3 Å². The van der Waals surface area contributed by atoms with Crippen LogP contribution in [0.1, 0.15) is 23.6 Å². The molecule has 0 bridgehead atoms. The van der Waals surface area contributed by atoms with Gasteiger partial charge in [0.15, 0.2) is 0 Å². The van der Waals surface area contributed by atoms with Crippen molar-refractivity contribution in [2.24, 2.45) is 0 Å². The van der Waals surface area contributed by atoms with Crippen LogP contribution in [0.5, 0.6) is 5.75 Å². The van der Waals surface area contributed by atoms with Gasteiger partial charge in [-0.3, -0.25) is 4.79 Å². The van der Waals surface area contributed by atoms with Crippen molar-refractivity contribution in [1.29, 1.82) is 0 Å². The highest BCUT2D eigenvalue weighted by Crippen LogP contribution is 2.12. The molecule has 0 atom stereocenters. The summed E-state index contributed by atoms with van der Waals surface area (Å²) in [6.45, 7) is 2.60. The Morgan fingerprint density at radius 3 is 2.59 bits per heavy atom. The summed E-state index contributed by atoms with van der Waals surface area (Å²) in [5.41, 5.74) is 3.32.